The lowest BCUT2D eigenvalue weighted by Gasteiger charge is -2.26. The first-order valence-electron chi connectivity index (χ1n) is 10.2. The highest BCUT2D eigenvalue weighted by Gasteiger charge is 2.26. The first-order chi connectivity index (χ1) is 15.1. The summed E-state index contributed by atoms with van der Waals surface area (Å²) < 4.78 is 14.0. The van der Waals surface area contributed by atoms with Crippen LogP contribution in [0.5, 0.6) is 5.75 Å². The van der Waals surface area contributed by atoms with Crippen molar-refractivity contribution < 1.29 is 14.6 Å². The number of methoxy groups -OCH3 is 1. The minimum atomic E-state index is -0.109. The Kier molecular flexibility index (Phi) is 5.27. The van der Waals surface area contributed by atoms with E-state index < -0.39 is 0 Å². The van der Waals surface area contributed by atoms with E-state index in [1.165, 1.54) is 6.33 Å². The van der Waals surface area contributed by atoms with Crippen LogP contribution in [0.15, 0.2) is 24.5 Å². The Bertz CT molecular complexity index is 1260. The van der Waals surface area contributed by atoms with Gasteiger partial charge in [0.1, 0.15) is 17.6 Å². The van der Waals surface area contributed by atoms with E-state index in [0.717, 1.165) is 61.7 Å². The Morgan fingerprint density at radius 1 is 1.26 bits per heavy atom. The summed E-state index contributed by atoms with van der Waals surface area (Å²) in [7, 11) is 1.69. The van der Waals surface area contributed by atoms with E-state index >= 15 is 0 Å². The second-order valence-electron chi connectivity index (χ2n) is 7.75. The molecule has 162 valence electrons. The molecule has 4 heterocycles. The lowest BCUT2D eigenvalue weighted by molar-refractivity contribution is 0.0331. The number of aliphatic hydroxyl groups is 1. The highest BCUT2D eigenvalue weighted by molar-refractivity contribution is 7.22. The maximum atomic E-state index is 10.4. The van der Waals surface area contributed by atoms with Crippen molar-refractivity contribution in [3.63, 3.8) is 0 Å². The van der Waals surface area contributed by atoms with Gasteiger partial charge in [-0.1, -0.05) is 6.07 Å². The SMILES string of the molecule is COc1cc(C)cc2cc(-c3c(CO)c(CN4CCOCC4)n4ncnc(N)c34)sc12. The van der Waals surface area contributed by atoms with E-state index in [9.17, 15) is 5.11 Å². The Hall–Kier alpha value is -2.72. The molecular weight excluding hydrogens is 414 g/mol. The third-order valence-corrected chi connectivity index (χ3v) is 6.97. The van der Waals surface area contributed by atoms with Crippen molar-refractivity contribution in [1.29, 1.82) is 0 Å². The second kappa shape index (κ2) is 8.08. The molecule has 1 aliphatic rings. The molecule has 0 atom stereocenters. The molecule has 1 aliphatic heterocycles. The average Bonchev–Trinajstić information content (AvgIpc) is 3.33. The van der Waals surface area contributed by atoms with E-state index in [0.29, 0.717) is 25.6 Å². The van der Waals surface area contributed by atoms with Crippen LogP contribution in [0.1, 0.15) is 16.8 Å². The summed E-state index contributed by atoms with van der Waals surface area (Å²) in [6.07, 6.45) is 1.47. The lowest BCUT2D eigenvalue weighted by atomic mass is 10.1. The number of hydrogen-bond acceptors (Lipinski definition) is 8. The number of aromatic nitrogens is 3. The maximum absolute atomic E-state index is 10.4. The molecular formula is C22H25N5O3S. The van der Waals surface area contributed by atoms with Crippen LogP contribution >= 0.6 is 11.3 Å². The molecule has 0 saturated carbocycles. The Balaban J connectivity index is 1.74. The number of hydrogen-bond donors (Lipinski definition) is 2. The number of aryl methyl sites for hydroxylation is 1. The quantitative estimate of drug-likeness (QED) is 0.493. The van der Waals surface area contributed by atoms with E-state index in [-0.39, 0.29) is 6.61 Å². The van der Waals surface area contributed by atoms with Crippen molar-refractivity contribution in [3.8, 4) is 16.2 Å². The third kappa shape index (κ3) is 3.43. The van der Waals surface area contributed by atoms with Gasteiger partial charge in [-0.05, 0) is 30.0 Å². The standard InChI is InChI=1S/C22H25N5O3S/c1-13-7-14-9-18(31-21(14)17(8-13)29-2)19-15(11-28)16(10-26-3-5-30-6-4-26)27-20(19)22(23)24-12-25-27/h7-9,12,28H,3-6,10-11H2,1-2H3,(H2,23,24,25). The van der Waals surface area contributed by atoms with Gasteiger partial charge in [0.05, 0.1) is 37.3 Å². The van der Waals surface area contributed by atoms with Crippen molar-refractivity contribution in [2.45, 2.75) is 20.1 Å². The molecule has 0 unspecified atom stereocenters. The van der Waals surface area contributed by atoms with Gasteiger partial charge in [0.2, 0.25) is 0 Å². The predicted molar refractivity (Wildman–Crippen MR) is 122 cm³/mol. The van der Waals surface area contributed by atoms with Crippen LogP contribution in [0, 0.1) is 6.92 Å². The van der Waals surface area contributed by atoms with Crippen molar-refractivity contribution in [2.24, 2.45) is 0 Å². The number of rotatable bonds is 5. The summed E-state index contributed by atoms with van der Waals surface area (Å²) in [5, 5.41) is 16.0. The van der Waals surface area contributed by atoms with Crippen LogP contribution in [-0.2, 0) is 17.9 Å². The monoisotopic (exact) mass is 439 g/mol. The van der Waals surface area contributed by atoms with E-state index in [2.05, 4.69) is 34.0 Å². The fraction of sp³-hybridized carbons (Fsp3) is 0.364. The number of nitrogens with zero attached hydrogens (tertiary/aromatic N) is 4. The number of thiophene rings is 1. The molecule has 0 spiro atoms. The smallest absolute Gasteiger partial charge is 0.152 e. The number of nitrogens with two attached hydrogens (primary N) is 1. The zero-order valence-corrected chi connectivity index (χ0v) is 18.4. The van der Waals surface area contributed by atoms with E-state index in [4.69, 9.17) is 15.2 Å². The molecule has 0 radical (unpaired) electrons. The largest absolute Gasteiger partial charge is 0.495 e. The highest BCUT2D eigenvalue weighted by Crippen LogP contribution is 2.44. The molecule has 3 N–H and O–H groups in total. The first-order valence-corrected chi connectivity index (χ1v) is 11.0. The molecule has 5 rings (SSSR count). The zero-order chi connectivity index (χ0) is 21.5. The van der Waals surface area contributed by atoms with Crippen LogP contribution in [-0.4, -0.2) is 58.0 Å². The van der Waals surface area contributed by atoms with Gasteiger partial charge in [-0.3, -0.25) is 4.90 Å². The molecule has 8 nitrogen and oxygen atoms in total. The summed E-state index contributed by atoms with van der Waals surface area (Å²) in [6.45, 7) is 5.69. The molecule has 1 saturated heterocycles. The molecule has 0 aliphatic carbocycles. The normalized spacial score (nSPS) is 15.2. The van der Waals surface area contributed by atoms with Crippen LogP contribution in [0.2, 0.25) is 0 Å². The minimum Gasteiger partial charge on any atom is -0.495 e. The Morgan fingerprint density at radius 3 is 2.81 bits per heavy atom. The van der Waals surface area contributed by atoms with E-state index in [1.807, 2.05) is 10.6 Å². The van der Waals surface area contributed by atoms with Crippen LogP contribution in [0.4, 0.5) is 5.82 Å². The van der Waals surface area contributed by atoms with Crippen molar-refractivity contribution >= 4 is 32.8 Å². The second-order valence-corrected chi connectivity index (χ2v) is 8.80. The summed E-state index contributed by atoms with van der Waals surface area (Å²) in [4.78, 5) is 7.56. The average molecular weight is 440 g/mol. The number of ether oxygens (including phenoxy) is 2. The number of benzene rings is 1. The van der Waals surface area contributed by atoms with Crippen LogP contribution < -0.4 is 10.5 Å². The fourth-order valence-corrected chi connectivity index (χ4v) is 5.54. The van der Waals surface area contributed by atoms with Crippen molar-refractivity contribution in [3.05, 3.63) is 41.3 Å². The predicted octanol–water partition coefficient (Wildman–Crippen LogP) is 2.83. The number of aliphatic hydroxyl groups excluding tert-OH is 1. The Morgan fingerprint density at radius 2 is 2.06 bits per heavy atom. The molecule has 0 amide bonds. The highest BCUT2D eigenvalue weighted by atomic mass is 32.1. The summed E-state index contributed by atoms with van der Waals surface area (Å²) in [5.41, 5.74) is 10.9. The summed E-state index contributed by atoms with van der Waals surface area (Å²) >= 11 is 1.63. The zero-order valence-electron chi connectivity index (χ0n) is 17.6. The topological polar surface area (TPSA) is 98.1 Å². The summed E-state index contributed by atoms with van der Waals surface area (Å²) in [5.74, 6) is 1.24. The van der Waals surface area contributed by atoms with Gasteiger partial charge in [-0.15, -0.1) is 11.3 Å². The van der Waals surface area contributed by atoms with Crippen molar-refractivity contribution in [1.82, 2.24) is 19.5 Å². The third-order valence-electron chi connectivity index (χ3n) is 5.79. The number of nitrogen functional groups attached to an aromatic ring is 1. The van der Waals surface area contributed by atoms with Crippen molar-refractivity contribution in [2.75, 3.05) is 39.1 Å². The van der Waals surface area contributed by atoms with Gasteiger partial charge in [0.25, 0.3) is 0 Å². The first kappa shape index (κ1) is 20.2. The van der Waals surface area contributed by atoms with Gasteiger partial charge in [0.15, 0.2) is 5.82 Å². The van der Waals surface area contributed by atoms with Gasteiger partial charge in [-0.2, -0.15) is 5.10 Å². The minimum absolute atomic E-state index is 0.109. The molecule has 3 aromatic heterocycles. The number of fused-ring (bicyclic) bond motifs is 2. The van der Waals surface area contributed by atoms with Gasteiger partial charge in [0, 0.05) is 35.6 Å². The number of anilines is 1. The maximum Gasteiger partial charge on any atom is 0.152 e. The number of morpholine rings is 1. The molecule has 31 heavy (non-hydrogen) atoms. The van der Waals surface area contributed by atoms with Crippen LogP contribution in [0.3, 0.4) is 0 Å². The summed E-state index contributed by atoms with van der Waals surface area (Å²) in [6, 6.07) is 6.31. The lowest BCUT2D eigenvalue weighted by Crippen LogP contribution is -2.36. The van der Waals surface area contributed by atoms with Gasteiger partial charge < -0.3 is 20.3 Å². The van der Waals surface area contributed by atoms with E-state index in [1.54, 1.807) is 18.4 Å². The molecule has 4 aromatic rings. The molecule has 1 aromatic carbocycles. The molecule has 0 bridgehead atoms. The van der Waals surface area contributed by atoms with Gasteiger partial charge >= 0.3 is 0 Å². The van der Waals surface area contributed by atoms with Crippen LogP contribution in [0.25, 0.3) is 26.0 Å². The van der Waals surface area contributed by atoms with Gasteiger partial charge in [-0.25, -0.2) is 9.50 Å². The molecule has 9 heteroatoms. The molecule has 1 fully saturated rings. The fourth-order valence-electron chi connectivity index (χ4n) is 4.33. The Labute approximate surface area is 183 Å².